The molecule has 0 rings (SSSR count). The minimum absolute atomic E-state index is 0. The quantitative estimate of drug-likeness (QED) is 0.363. The zero-order valence-electron chi connectivity index (χ0n) is 7.41. The van der Waals surface area contributed by atoms with E-state index >= 15 is 0 Å². The first-order chi connectivity index (χ1) is 5.18. The van der Waals surface area contributed by atoms with E-state index < -0.39 is 0 Å². The van der Waals surface area contributed by atoms with Crippen LogP contribution < -0.4 is 4.70 Å². The molecule has 4 nitrogen and oxygen atoms in total. The first-order valence-electron chi connectivity index (χ1n) is 3.84. The van der Waals surface area contributed by atoms with Crippen molar-refractivity contribution >= 4 is 0 Å². The molecule has 0 heterocycles. The molecule has 0 aliphatic rings. The molecule has 12 heavy (non-hydrogen) atoms. The zero-order chi connectivity index (χ0) is 8.74. The summed E-state index contributed by atoms with van der Waals surface area (Å²) in [5, 5.41) is 26.0. The number of halogens is 1. The van der Waals surface area contributed by atoms with Crippen LogP contribution in [0.25, 0.3) is 0 Å². The van der Waals surface area contributed by atoms with Gasteiger partial charge in [0.05, 0.1) is 26.9 Å². The monoisotopic (exact) mass is 183 g/mol. The summed E-state index contributed by atoms with van der Waals surface area (Å²) in [7, 11) is 1.91. The van der Waals surface area contributed by atoms with Crippen molar-refractivity contribution in [1.82, 2.24) is 0 Å². The highest BCUT2D eigenvalue weighted by Crippen LogP contribution is 1.99. The molecule has 0 bridgehead atoms. The van der Waals surface area contributed by atoms with E-state index in [1.54, 1.807) is 0 Å². The van der Waals surface area contributed by atoms with Gasteiger partial charge in [0.2, 0.25) is 0 Å². The van der Waals surface area contributed by atoms with Gasteiger partial charge in [-0.25, -0.2) is 0 Å². The fourth-order valence-electron chi connectivity index (χ4n) is 1.06. The molecule has 0 aliphatic heterocycles. The largest absolute Gasteiger partial charge is 1.00 e. The van der Waals surface area contributed by atoms with Crippen molar-refractivity contribution < 1.29 is 24.5 Å². The van der Waals surface area contributed by atoms with Crippen LogP contribution in [0.1, 0.15) is 0 Å². The molecule has 5 heteroatoms. The van der Waals surface area contributed by atoms with Crippen LogP contribution in [0, 0.1) is 0 Å². The van der Waals surface area contributed by atoms with Crippen molar-refractivity contribution in [3.05, 3.63) is 0 Å². The third kappa shape index (κ3) is 5.42. The van der Waals surface area contributed by atoms with E-state index in [0.29, 0.717) is 24.1 Å². The Morgan fingerprint density at radius 2 is 1.08 bits per heavy atom. The second kappa shape index (κ2) is 7.42. The molecule has 0 atom stereocenters. The lowest BCUT2D eigenvalue weighted by Crippen LogP contribution is -3.00. The third-order valence-corrected chi connectivity index (χ3v) is 1.92. The highest BCUT2D eigenvalue weighted by atomic mass is 19.0. The molecule has 0 unspecified atom stereocenters. The molecule has 3 N–H and O–H groups in total. The minimum atomic E-state index is 0. The van der Waals surface area contributed by atoms with Gasteiger partial charge in [0.25, 0.3) is 0 Å². The standard InChI is InChI=1S/C7H18NO3.FH/c1-8(2-5-9,3-6-10)4-7-11;/h9-11H,2-7H2,1H3;1H/q+1;/p-1. The molecule has 0 aromatic heterocycles. The summed E-state index contributed by atoms with van der Waals surface area (Å²) in [5.41, 5.74) is 0. The van der Waals surface area contributed by atoms with E-state index in [9.17, 15) is 0 Å². The van der Waals surface area contributed by atoms with Gasteiger partial charge in [-0.15, -0.1) is 0 Å². The van der Waals surface area contributed by atoms with Gasteiger partial charge in [-0.1, -0.05) is 0 Å². The van der Waals surface area contributed by atoms with Gasteiger partial charge in [-0.2, -0.15) is 0 Å². The topological polar surface area (TPSA) is 60.7 Å². The summed E-state index contributed by atoms with van der Waals surface area (Å²) >= 11 is 0. The molecule has 76 valence electrons. The van der Waals surface area contributed by atoms with Crippen LogP contribution in [0.5, 0.6) is 0 Å². The molecule has 0 fully saturated rings. The predicted octanol–water partition coefficient (Wildman–Crippen LogP) is -4.59. The number of rotatable bonds is 6. The molecule has 0 saturated carbocycles. The average Bonchev–Trinajstić information content (AvgIpc) is 1.88. The lowest BCUT2D eigenvalue weighted by atomic mass is 10.4. The Bertz CT molecular complexity index is 85.6. The number of aliphatic hydroxyl groups excluding tert-OH is 3. The Balaban J connectivity index is 0. The van der Waals surface area contributed by atoms with Gasteiger partial charge in [0.15, 0.2) is 0 Å². The first kappa shape index (κ1) is 14.3. The van der Waals surface area contributed by atoms with Gasteiger partial charge in [-0.05, 0) is 0 Å². The maximum Gasteiger partial charge on any atom is 0.102 e. The van der Waals surface area contributed by atoms with Gasteiger partial charge < -0.3 is 24.5 Å². The highest BCUT2D eigenvalue weighted by molar-refractivity contribution is 4.37. The van der Waals surface area contributed by atoms with E-state index in [0.717, 1.165) is 0 Å². The number of quaternary nitrogens is 1. The summed E-state index contributed by atoms with van der Waals surface area (Å²) in [5.74, 6) is 0. The summed E-state index contributed by atoms with van der Waals surface area (Å²) in [6.07, 6.45) is 0. The number of hydrogen-bond donors (Lipinski definition) is 3. The third-order valence-electron chi connectivity index (χ3n) is 1.92. The number of likely N-dealkylation sites (N-methyl/N-ethyl adjacent to an activating group) is 1. The molecule has 0 aromatic carbocycles. The SMILES string of the molecule is C[N+](CCO)(CCO)CCO.[F-]. The van der Waals surface area contributed by atoms with Crippen molar-refractivity contribution in [3.8, 4) is 0 Å². The van der Waals surface area contributed by atoms with Crippen LogP contribution >= 0.6 is 0 Å². The van der Waals surface area contributed by atoms with Crippen molar-refractivity contribution in [2.24, 2.45) is 0 Å². The summed E-state index contributed by atoms with van der Waals surface area (Å²) < 4.78 is 0.531. The second-order valence-electron chi connectivity index (χ2n) is 2.96. The highest BCUT2D eigenvalue weighted by Gasteiger charge is 2.18. The van der Waals surface area contributed by atoms with Crippen molar-refractivity contribution in [2.75, 3.05) is 46.5 Å². The number of aliphatic hydroxyl groups is 3. The predicted molar refractivity (Wildman–Crippen MR) is 42.0 cm³/mol. The van der Waals surface area contributed by atoms with E-state index in [1.165, 1.54) is 0 Å². The smallest absolute Gasteiger partial charge is 0.102 e. The van der Waals surface area contributed by atoms with E-state index in [-0.39, 0.29) is 24.5 Å². The van der Waals surface area contributed by atoms with Gasteiger partial charge >= 0.3 is 0 Å². The first-order valence-corrected chi connectivity index (χ1v) is 3.84. The Hall–Kier alpha value is -0.230. The minimum Gasteiger partial charge on any atom is -1.00 e. The number of nitrogens with zero attached hydrogens (tertiary/aromatic N) is 1. The Kier molecular flexibility index (Phi) is 8.84. The molecule has 0 radical (unpaired) electrons. The van der Waals surface area contributed by atoms with Crippen molar-refractivity contribution in [3.63, 3.8) is 0 Å². The van der Waals surface area contributed by atoms with Gasteiger partial charge in [0, 0.05) is 0 Å². The Morgan fingerprint density at radius 3 is 1.25 bits per heavy atom. The van der Waals surface area contributed by atoms with Gasteiger partial charge in [-0.3, -0.25) is 0 Å². The summed E-state index contributed by atoms with van der Waals surface area (Å²) in [6.45, 7) is 2.03. The summed E-state index contributed by atoms with van der Waals surface area (Å²) in [4.78, 5) is 0. The fourth-order valence-corrected chi connectivity index (χ4v) is 1.06. The van der Waals surface area contributed by atoms with E-state index in [1.807, 2.05) is 7.05 Å². The van der Waals surface area contributed by atoms with Crippen molar-refractivity contribution in [1.29, 1.82) is 0 Å². The Labute approximate surface area is 72.0 Å². The van der Waals surface area contributed by atoms with Gasteiger partial charge in [0.1, 0.15) is 19.6 Å². The number of hydrogen-bond acceptors (Lipinski definition) is 3. The van der Waals surface area contributed by atoms with Crippen LogP contribution in [0.15, 0.2) is 0 Å². The van der Waals surface area contributed by atoms with E-state index in [2.05, 4.69) is 0 Å². The molecule has 0 aromatic rings. The fraction of sp³-hybridized carbons (Fsp3) is 1.00. The summed E-state index contributed by atoms with van der Waals surface area (Å²) in [6, 6.07) is 0. The normalized spacial score (nSPS) is 11.0. The van der Waals surface area contributed by atoms with Crippen LogP contribution in [0.2, 0.25) is 0 Å². The molecule has 0 spiro atoms. The zero-order valence-corrected chi connectivity index (χ0v) is 7.41. The molecular formula is C7H18FNO3. The van der Waals surface area contributed by atoms with Crippen LogP contribution in [0.3, 0.4) is 0 Å². The lowest BCUT2D eigenvalue weighted by Gasteiger charge is -2.32. The molecule has 0 amide bonds. The van der Waals surface area contributed by atoms with Crippen molar-refractivity contribution in [2.45, 2.75) is 0 Å². The van der Waals surface area contributed by atoms with Crippen LogP contribution in [-0.2, 0) is 0 Å². The van der Waals surface area contributed by atoms with Crippen LogP contribution in [-0.4, -0.2) is 66.3 Å². The molecule has 0 saturated heterocycles. The second-order valence-corrected chi connectivity index (χ2v) is 2.96. The molecule has 0 aliphatic carbocycles. The van der Waals surface area contributed by atoms with E-state index in [4.69, 9.17) is 15.3 Å². The Morgan fingerprint density at radius 1 is 0.833 bits per heavy atom. The lowest BCUT2D eigenvalue weighted by molar-refractivity contribution is -0.910. The maximum atomic E-state index is 8.68. The van der Waals surface area contributed by atoms with Crippen LogP contribution in [0.4, 0.5) is 0 Å². The average molecular weight is 183 g/mol. The maximum absolute atomic E-state index is 8.68. The molecular weight excluding hydrogens is 165 g/mol.